The average Bonchev–Trinajstić information content (AvgIpc) is 2.28. The van der Waals surface area contributed by atoms with Crippen LogP contribution in [0.15, 0.2) is 0 Å². The van der Waals surface area contributed by atoms with Gasteiger partial charge in [0, 0.05) is 34.4 Å². The van der Waals surface area contributed by atoms with Gasteiger partial charge in [-0.15, -0.1) is 0 Å². The standard InChI is InChI=1S/C12H21F3N2O2/c1-9(12(13,14)15)19-10(18)16-5-7-17(8-6-16)11(2,3)4/h9H,5-8H2,1-4H3/i5D,7D2,9D. The van der Waals surface area contributed by atoms with Gasteiger partial charge in [0.15, 0.2) is 6.08 Å². The minimum absolute atomic E-state index is 0.0295. The minimum atomic E-state index is -5.09. The van der Waals surface area contributed by atoms with Crippen molar-refractivity contribution in [1.29, 1.82) is 0 Å². The van der Waals surface area contributed by atoms with E-state index >= 15 is 0 Å². The second-order valence-electron chi connectivity index (χ2n) is 5.20. The average molecular weight is 286 g/mol. The van der Waals surface area contributed by atoms with Gasteiger partial charge < -0.3 is 9.64 Å². The van der Waals surface area contributed by atoms with Gasteiger partial charge in [-0.2, -0.15) is 13.2 Å². The Morgan fingerprint density at radius 1 is 1.37 bits per heavy atom. The third kappa shape index (κ3) is 4.56. The van der Waals surface area contributed by atoms with Crippen LogP contribution in [0.1, 0.15) is 33.2 Å². The SMILES string of the molecule is [2H]C1N(C(=O)OC([2H])(C)C(F)(F)F)CCN(C(C)(C)C)C1([2H])[2H]. The van der Waals surface area contributed by atoms with Gasteiger partial charge >= 0.3 is 12.3 Å². The molecule has 0 aromatic heterocycles. The molecule has 0 aliphatic carbocycles. The Hall–Kier alpha value is -0.980. The fraction of sp³-hybridized carbons (Fsp3) is 0.917. The highest BCUT2D eigenvalue weighted by atomic mass is 19.4. The first-order chi connectivity index (χ1) is 10.0. The molecule has 7 heteroatoms. The monoisotopic (exact) mass is 286 g/mol. The molecule has 0 radical (unpaired) electrons. The number of carbonyl (C=O) groups excluding carboxylic acids is 1. The molecular formula is C12H21F3N2O2. The van der Waals surface area contributed by atoms with Crippen LogP contribution in [0, 0.1) is 0 Å². The smallest absolute Gasteiger partial charge is 0.425 e. The summed E-state index contributed by atoms with van der Waals surface area (Å²) in [6.45, 7) is 1.39. The van der Waals surface area contributed by atoms with E-state index in [1.165, 1.54) is 4.90 Å². The van der Waals surface area contributed by atoms with Crippen molar-refractivity contribution >= 4 is 6.09 Å². The van der Waals surface area contributed by atoms with E-state index in [9.17, 15) is 18.0 Å². The molecule has 4 nitrogen and oxygen atoms in total. The maximum atomic E-state index is 12.6. The third-order valence-corrected chi connectivity index (χ3v) is 2.62. The number of hydrogen-bond acceptors (Lipinski definition) is 3. The summed E-state index contributed by atoms with van der Waals surface area (Å²) in [5, 5.41) is 0. The number of amides is 1. The minimum Gasteiger partial charge on any atom is -0.437 e. The zero-order valence-electron chi connectivity index (χ0n) is 15.3. The second-order valence-corrected chi connectivity index (χ2v) is 5.20. The highest BCUT2D eigenvalue weighted by Gasteiger charge is 2.40. The second kappa shape index (κ2) is 5.56. The van der Waals surface area contributed by atoms with Crippen molar-refractivity contribution in [2.24, 2.45) is 0 Å². The van der Waals surface area contributed by atoms with Crippen LogP contribution in [0.3, 0.4) is 0 Å². The Balaban J connectivity index is 2.95. The topological polar surface area (TPSA) is 32.8 Å². The first-order valence-corrected chi connectivity index (χ1v) is 5.78. The molecule has 1 aliphatic rings. The summed E-state index contributed by atoms with van der Waals surface area (Å²) in [6, 6.07) is 0. The number of carbonyl (C=O) groups is 1. The lowest BCUT2D eigenvalue weighted by molar-refractivity contribution is -0.200. The van der Waals surface area contributed by atoms with E-state index in [4.69, 9.17) is 5.48 Å². The molecule has 19 heavy (non-hydrogen) atoms. The summed E-state index contributed by atoms with van der Waals surface area (Å²) < 4.78 is 73.0. The van der Waals surface area contributed by atoms with Crippen LogP contribution >= 0.6 is 0 Å². The summed E-state index contributed by atoms with van der Waals surface area (Å²) in [4.78, 5) is 13.8. The maximum Gasteiger partial charge on any atom is 0.425 e. The number of hydrogen-bond donors (Lipinski definition) is 0. The van der Waals surface area contributed by atoms with Crippen LogP contribution in [0.5, 0.6) is 0 Å². The van der Waals surface area contributed by atoms with E-state index in [1.54, 1.807) is 20.8 Å². The van der Waals surface area contributed by atoms with Crippen LogP contribution < -0.4 is 0 Å². The fourth-order valence-electron chi connectivity index (χ4n) is 1.40. The van der Waals surface area contributed by atoms with E-state index in [1.807, 2.05) is 0 Å². The number of piperazine rings is 1. The molecule has 0 aromatic rings. The molecule has 2 unspecified atom stereocenters. The highest BCUT2D eigenvalue weighted by Crippen LogP contribution is 2.23. The highest BCUT2D eigenvalue weighted by molar-refractivity contribution is 5.68. The lowest BCUT2D eigenvalue weighted by Gasteiger charge is -2.42. The summed E-state index contributed by atoms with van der Waals surface area (Å²) in [5.41, 5.74) is -0.630. The molecule has 2 atom stereocenters. The fourth-order valence-corrected chi connectivity index (χ4v) is 1.40. The van der Waals surface area contributed by atoms with Gasteiger partial charge in [0.1, 0.15) is 0 Å². The molecule has 1 saturated heterocycles. The summed E-state index contributed by atoms with van der Waals surface area (Å²) in [6.07, 6.45) is -10.1. The Labute approximate surface area is 117 Å². The van der Waals surface area contributed by atoms with Crippen LogP contribution in [0.2, 0.25) is 0 Å². The molecule has 1 rings (SSSR count). The number of halogens is 3. The van der Waals surface area contributed by atoms with Gasteiger partial charge in [-0.1, -0.05) is 0 Å². The zero-order chi connectivity index (χ0) is 18.4. The van der Waals surface area contributed by atoms with E-state index in [-0.39, 0.29) is 13.1 Å². The molecule has 1 amide bonds. The van der Waals surface area contributed by atoms with Gasteiger partial charge in [0.25, 0.3) is 0 Å². The molecular weight excluding hydrogens is 261 g/mol. The lowest BCUT2D eigenvalue weighted by Crippen LogP contribution is -2.55. The van der Waals surface area contributed by atoms with Gasteiger partial charge in [-0.25, -0.2) is 4.79 Å². The molecule has 1 fully saturated rings. The summed E-state index contributed by atoms with van der Waals surface area (Å²) in [5.74, 6) is 0. The van der Waals surface area contributed by atoms with Crippen LogP contribution in [-0.2, 0) is 4.74 Å². The zero-order valence-corrected chi connectivity index (χ0v) is 11.3. The van der Waals surface area contributed by atoms with Crippen molar-refractivity contribution in [3.05, 3.63) is 0 Å². The van der Waals surface area contributed by atoms with Gasteiger partial charge in [-0.3, -0.25) is 4.90 Å². The van der Waals surface area contributed by atoms with Crippen molar-refractivity contribution in [2.75, 3.05) is 26.1 Å². The summed E-state index contributed by atoms with van der Waals surface area (Å²) in [7, 11) is 0. The van der Waals surface area contributed by atoms with Gasteiger partial charge in [0.05, 0.1) is 2.74 Å². The van der Waals surface area contributed by atoms with E-state index in [2.05, 4.69) is 4.74 Å². The molecule has 112 valence electrons. The molecule has 0 bridgehead atoms. The summed E-state index contributed by atoms with van der Waals surface area (Å²) >= 11 is 0. The number of alkyl halides is 3. The van der Waals surface area contributed by atoms with Crippen molar-refractivity contribution in [1.82, 2.24) is 9.80 Å². The Bertz CT molecular complexity index is 466. The predicted octanol–water partition coefficient (Wildman–Crippen LogP) is 2.49. The van der Waals surface area contributed by atoms with Crippen LogP contribution in [-0.4, -0.2) is 59.8 Å². The van der Waals surface area contributed by atoms with E-state index in [0.717, 1.165) is 0 Å². The van der Waals surface area contributed by atoms with E-state index < -0.39 is 36.9 Å². The quantitative estimate of drug-likeness (QED) is 0.742. The van der Waals surface area contributed by atoms with Gasteiger partial charge in [-0.05, 0) is 27.7 Å². The third-order valence-electron chi connectivity index (χ3n) is 2.62. The maximum absolute atomic E-state index is 12.6. The first kappa shape index (κ1) is 10.8. The molecule has 1 heterocycles. The number of nitrogens with zero attached hydrogens (tertiary/aromatic N) is 2. The van der Waals surface area contributed by atoms with Crippen molar-refractivity contribution in [3.63, 3.8) is 0 Å². The largest absolute Gasteiger partial charge is 0.437 e. The first-order valence-electron chi connectivity index (χ1n) is 7.86. The Morgan fingerprint density at radius 3 is 2.42 bits per heavy atom. The number of ether oxygens (including phenoxy) is 1. The van der Waals surface area contributed by atoms with Crippen molar-refractivity contribution in [3.8, 4) is 0 Å². The Morgan fingerprint density at radius 2 is 1.95 bits per heavy atom. The molecule has 1 aliphatic heterocycles. The van der Waals surface area contributed by atoms with Crippen molar-refractivity contribution < 1.29 is 28.2 Å². The molecule has 0 saturated carbocycles. The normalized spacial score (nSPS) is 31.5. The van der Waals surface area contributed by atoms with Gasteiger partial charge in [0.2, 0.25) is 0 Å². The van der Waals surface area contributed by atoms with Crippen LogP contribution in [0.25, 0.3) is 0 Å². The van der Waals surface area contributed by atoms with Crippen molar-refractivity contribution in [2.45, 2.75) is 45.5 Å². The number of rotatable bonds is 1. The van der Waals surface area contributed by atoms with Crippen LogP contribution in [0.4, 0.5) is 18.0 Å². The molecule has 0 N–H and O–H groups in total. The Kier molecular flexibility index (Phi) is 3.15. The van der Waals surface area contributed by atoms with E-state index in [0.29, 0.717) is 11.8 Å². The molecule has 0 aromatic carbocycles. The predicted molar refractivity (Wildman–Crippen MR) is 64.9 cm³/mol. The lowest BCUT2D eigenvalue weighted by atomic mass is 10.1. The molecule has 0 spiro atoms.